The van der Waals surface area contributed by atoms with Gasteiger partial charge in [0.15, 0.2) is 0 Å². The summed E-state index contributed by atoms with van der Waals surface area (Å²) in [7, 11) is 0. The number of nitrogens with zero attached hydrogens (tertiary/aromatic N) is 1. The maximum Gasteiger partial charge on any atom is 0.213 e. The van der Waals surface area contributed by atoms with Gasteiger partial charge in [-0.2, -0.15) is 0 Å². The van der Waals surface area contributed by atoms with E-state index in [1.807, 2.05) is 6.92 Å². The van der Waals surface area contributed by atoms with Crippen LogP contribution in [0.4, 0.5) is 14.5 Å². The number of hydrazine groups is 1. The maximum absolute atomic E-state index is 13.3. The van der Waals surface area contributed by atoms with E-state index in [2.05, 4.69) is 10.4 Å². The third kappa shape index (κ3) is 5.48. The molecule has 0 amide bonds. The number of hydrogen-bond acceptors (Lipinski definition) is 4. The highest BCUT2D eigenvalue weighted by Crippen LogP contribution is 2.17. The monoisotopic (exact) mass is 269 g/mol. The summed E-state index contributed by atoms with van der Waals surface area (Å²) in [6.45, 7) is 2.92. The molecule has 1 aromatic rings. The van der Waals surface area contributed by atoms with Gasteiger partial charge in [-0.3, -0.25) is 5.84 Å². The Kier molecular flexibility index (Phi) is 5.95. The van der Waals surface area contributed by atoms with E-state index in [9.17, 15) is 8.78 Å². The number of aryl methyl sites for hydroxylation is 1. The number of aromatic nitrogens is 1. The molecule has 0 spiro atoms. The Morgan fingerprint density at radius 2 is 2.37 bits per heavy atom. The second-order valence-electron chi connectivity index (χ2n) is 3.95. The highest BCUT2D eigenvalue weighted by Gasteiger charge is 2.02. The molecule has 104 valence electrons. The zero-order chi connectivity index (χ0) is 14.3. The molecule has 1 atom stereocenters. The van der Waals surface area contributed by atoms with Gasteiger partial charge in [0, 0.05) is 6.07 Å². The van der Waals surface area contributed by atoms with Crippen molar-refractivity contribution in [1.82, 2.24) is 4.98 Å². The van der Waals surface area contributed by atoms with Gasteiger partial charge in [0.1, 0.15) is 18.6 Å². The van der Waals surface area contributed by atoms with Crippen LogP contribution in [-0.2, 0) is 0 Å². The number of pyridine rings is 1. The molecule has 0 fully saturated rings. The summed E-state index contributed by atoms with van der Waals surface area (Å²) in [5.74, 6) is 5.04. The molecule has 0 aliphatic heterocycles. The molecule has 1 aromatic heterocycles. The van der Waals surface area contributed by atoms with Crippen molar-refractivity contribution in [3.63, 3.8) is 0 Å². The van der Waals surface area contributed by atoms with Gasteiger partial charge in [0.25, 0.3) is 0 Å². The van der Waals surface area contributed by atoms with Gasteiger partial charge in [-0.25, -0.2) is 13.8 Å². The molecule has 0 aromatic carbocycles. The van der Waals surface area contributed by atoms with Crippen molar-refractivity contribution in [3.8, 4) is 5.88 Å². The Morgan fingerprint density at radius 1 is 1.63 bits per heavy atom. The second kappa shape index (κ2) is 7.48. The van der Waals surface area contributed by atoms with Crippen molar-refractivity contribution in [2.75, 3.05) is 12.0 Å². The van der Waals surface area contributed by atoms with E-state index in [4.69, 9.17) is 10.6 Å². The van der Waals surface area contributed by atoms with Crippen molar-refractivity contribution in [2.45, 2.75) is 20.0 Å². The summed E-state index contributed by atoms with van der Waals surface area (Å²) in [6.07, 6.45) is 4.09. The summed E-state index contributed by atoms with van der Waals surface area (Å²) in [6, 6.07) is 1.64. The quantitative estimate of drug-likeness (QED) is 0.473. The van der Waals surface area contributed by atoms with Crippen LogP contribution in [0.5, 0.6) is 5.88 Å². The smallest absolute Gasteiger partial charge is 0.213 e. The van der Waals surface area contributed by atoms with Crippen LogP contribution in [0, 0.1) is 6.92 Å². The van der Waals surface area contributed by atoms with Gasteiger partial charge in [-0.05, 0) is 25.5 Å². The van der Waals surface area contributed by atoms with Crippen molar-refractivity contribution in [2.24, 2.45) is 5.84 Å². The van der Waals surface area contributed by atoms with Crippen LogP contribution in [0.1, 0.15) is 12.5 Å². The van der Waals surface area contributed by atoms with Crippen molar-refractivity contribution in [3.05, 3.63) is 41.9 Å². The van der Waals surface area contributed by atoms with E-state index in [0.717, 1.165) is 11.6 Å². The minimum Gasteiger partial charge on any atom is -0.470 e. The van der Waals surface area contributed by atoms with E-state index in [0.29, 0.717) is 11.6 Å². The lowest BCUT2D eigenvalue weighted by Gasteiger charge is -2.07. The number of allylic oxidation sites excluding steroid dienone is 3. The Labute approximate surface area is 110 Å². The molecule has 3 N–H and O–H groups in total. The minimum absolute atomic E-state index is 0.257. The number of hydrogen-bond donors (Lipinski definition) is 2. The van der Waals surface area contributed by atoms with Crippen LogP contribution >= 0.6 is 0 Å². The first-order valence-corrected chi connectivity index (χ1v) is 5.76. The highest BCUT2D eigenvalue weighted by atomic mass is 19.1. The van der Waals surface area contributed by atoms with Crippen LogP contribution in [0.2, 0.25) is 0 Å². The Morgan fingerprint density at radius 3 is 2.95 bits per heavy atom. The number of nitrogen functional groups attached to an aromatic ring is 1. The number of anilines is 1. The van der Waals surface area contributed by atoms with Crippen molar-refractivity contribution < 1.29 is 13.5 Å². The van der Waals surface area contributed by atoms with Crippen LogP contribution in [-0.4, -0.2) is 17.8 Å². The molecule has 0 aliphatic carbocycles. The van der Waals surface area contributed by atoms with E-state index in [1.165, 1.54) is 25.3 Å². The van der Waals surface area contributed by atoms with Gasteiger partial charge in [-0.15, -0.1) is 0 Å². The SMILES string of the molecule is Cc1cc(OC/C(F)=C\C=C/C(C)F)ncc1NN. The zero-order valence-corrected chi connectivity index (χ0v) is 10.9. The molecule has 0 aliphatic rings. The number of nitrogens with one attached hydrogen (secondary N) is 1. The van der Waals surface area contributed by atoms with Gasteiger partial charge in [-0.1, -0.05) is 12.2 Å². The summed E-state index contributed by atoms with van der Waals surface area (Å²) >= 11 is 0. The Balaban J connectivity index is 2.55. The Hall–Kier alpha value is -1.95. The number of rotatable bonds is 6. The standard InChI is InChI=1S/C13H17F2N3O/c1-9-6-13(17-7-12(9)18-16)19-8-11(15)5-3-4-10(2)14/h3-7,10,18H,8,16H2,1-2H3/b4-3-,11-5+. The molecule has 0 radical (unpaired) electrons. The lowest BCUT2D eigenvalue weighted by molar-refractivity contribution is 0.307. The number of halogens is 2. The van der Waals surface area contributed by atoms with Gasteiger partial charge in [0.2, 0.25) is 5.88 Å². The predicted molar refractivity (Wildman–Crippen MR) is 71.2 cm³/mol. The van der Waals surface area contributed by atoms with Crippen molar-refractivity contribution >= 4 is 5.69 Å². The molecule has 6 heteroatoms. The van der Waals surface area contributed by atoms with E-state index < -0.39 is 12.0 Å². The predicted octanol–water partition coefficient (Wildman–Crippen LogP) is 2.82. The Bertz CT molecular complexity index is 473. The van der Waals surface area contributed by atoms with Crippen LogP contribution in [0.3, 0.4) is 0 Å². The summed E-state index contributed by atoms with van der Waals surface area (Å²) in [5.41, 5.74) is 3.98. The fourth-order valence-electron chi connectivity index (χ4n) is 1.26. The first kappa shape index (κ1) is 15.1. The van der Waals surface area contributed by atoms with E-state index in [-0.39, 0.29) is 6.61 Å². The molecule has 1 heterocycles. The third-order valence-corrected chi connectivity index (χ3v) is 2.25. The van der Waals surface area contributed by atoms with Crippen LogP contribution in [0.15, 0.2) is 36.3 Å². The summed E-state index contributed by atoms with van der Waals surface area (Å²) in [4.78, 5) is 3.95. The second-order valence-corrected chi connectivity index (χ2v) is 3.95. The number of nitrogens with two attached hydrogens (primary N) is 1. The lowest BCUT2D eigenvalue weighted by atomic mass is 10.2. The largest absolute Gasteiger partial charge is 0.470 e. The molecule has 19 heavy (non-hydrogen) atoms. The molecule has 0 saturated carbocycles. The average molecular weight is 269 g/mol. The number of alkyl halides is 1. The zero-order valence-electron chi connectivity index (χ0n) is 10.9. The molecule has 0 bridgehead atoms. The van der Waals surface area contributed by atoms with Crippen LogP contribution < -0.4 is 16.0 Å². The fraction of sp³-hybridized carbons (Fsp3) is 0.308. The first-order chi connectivity index (χ1) is 9.02. The molecule has 1 unspecified atom stereocenters. The summed E-state index contributed by atoms with van der Waals surface area (Å²) in [5, 5.41) is 0. The topological polar surface area (TPSA) is 60.2 Å². The molecule has 4 nitrogen and oxygen atoms in total. The average Bonchev–Trinajstić information content (AvgIpc) is 2.36. The maximum atomic E-state index is 13.3. The van der Waals surface area contributed by atoms with Gasteiger partial charge in [0.05, 0.1) is 11.9 Å². The lowest BCUT2D eigenvalue weighted by Crippen LogP contribution is -2.09. The third-order valence-electron chi connectivity index (χ3n) is 2.25. The van der Waals surface area contributed by atoms with E-state index >= 15 is 0 Å². The molecule has 0 saturated heterocycles. The fourth-order valence-corrected chi connectivity index (χ4v) is 1.26. The first-order valence-electron chi connectivity index (χ1n) is 5.76. The van der Waals surface area contributed by atoms with Gasteiger partial charge >= 0.3 is 0 Å². The highest BCUT2D eigenvalue weighted by molar-refractivity contribution is 5.48. The normalized spacial score (nSPS) is 13.6. The van der Waals surface area contributed by atoms with Crippen LogP contribution in [0.25, 0.3) is 0 Å². The number of ether oxygens (including phenoxy) is 1. The van der Waals surface area contributed by atoms with E-state index in [1.54, 1.807) is 6.07 Å². The molecular formula is C13H17F2N3O. The minimum atomic E-state index is -1.11. The molecular weight excluding hydrogens is 252 g/mol. The van der Waals surface area contributed by atoms with Crippen molar-refractivity contribution in [1.29, 1.82) is 0 Å². The molecule has 1 rings (SSSR count). The van der Waals surface area contributed by atoms with Gasteiger partial charge < -0.3 is 10.2 Å². The summed E-state index contributed by atoms with van der Waals surface area (Å²) < 4.78 is 30.9.